The molecule has 2 aromatic rings. The third-order valence-electron chi connectivity index (χ3n) is 4.31. The number of nitrogens with zero attached hydrogens (tertiary/aromatic N) is 3. The summed E-state index contributed by atoms with van der Waals surface area (Å²) >= 11 is 1.35. The van der Waals surface area contributed by atoms with Crippen LogP contribution in [0.25, 0.3) is 5.69 Å². The molecule has 1 fully saturated rings. The molecule has 2 aromatic heterocycles. The number of imidazole rings is 1. The van der Waals surface area contributed by atoms with Gasteiger partial charge in [-0.2, -0.15) is 0 Å². The molecule has 9 heteroatoms. The fourth-order valence-electron chi connectivity index (χ4n) is 2.77. The van der Waals surface area contributed by atoms with Gasteiger partial charge >= 0.3 is 0 Å². The smallest absolute Gasteiger partial charge is 0.271 e. The molecule has 134 valence electrons. The van der Waals surface area contributed by atoms with Gasteiger partial charge in [0.1, 0.15) is 5.69 Å². The van der Waals surface area contributed by atoms with E-state index in [1.165, 1.54) is 24.6 Å². The largest absolute Gasteiger partial charge is 0.344 e. The van der Waals surface area contributed by atoms with Crippen molar-refractivity contribution in [2.24, 2.45) is 5.84 Å². The summed E-state index contributed by atoms with van der Waals surface area (Å²) < 4.78 is 1.90. The number of hydrogen-bond acceptors (Lipinski definition) is 6. The summed E-state index contributed by atoms with van der Waals surface area (Å²) in [5, 5.41) is 2.87. The van der Waals surface area contributed by atoms with E-state index >= 15 is 0 Å². The Morgan fingerprint density at radius 1 is 1.27 bits per heavy atom. The Balaban J connectivity index is 1.46. The number of nitrogens with one attached hydrogen (secondary N) is 2. The number of aromatic nitrogens is 3. The summed E-state index contributed by atoms with van der Waals surface area (Å²) in [7, 11) is 0. The van der Waals surface area contributed by atoms with Crippen LogP contribution in [0.2, 0.25) is 0 Å². The molecule has 2 aliphatic rings. The first kappa shape index (κ1) is 16.8. The standard InChI is InChI=1S/C17H18N6O2S/c18-22-17(25)15-5-11(8-26-15)21-16(24)13-6-12(3-4-19-13)23-7-14(20-9-23)10-1-2-10/h3-7,9-11H,1-2,8,18H2,(H,21,24)(H,22,25). The van der Waals surface area contributed by atoms with Crippen LogP contribution in [0.1, 0.15) is 34.9 Å². The van der Waals surface area contributed by atoms with E-state index < -0.39 is 0 Å². The van der Waals surface area contributed by atoms with Crippen LogP contribution in [0.4, 0.5) is 0 Å². The van der Waals surface area contributed by atoms with Crippen LogP contribution in [0.5, 0.6) is 0 Å². The lowest BCUT2D eigenvalue weighted by atomic mass is 10.2. The summed E-state index contributed by atoms with van der Waals surface area (Å²) in [6.07, 6.45) is 9.46. The Morgan fingerprint density at radius 3 is 2.88 bits per heavy atom. The Bertz CT molecular complexity index is 889. The lowest BCUT2D eigenvalue weighted by Crippen LogP contribution is -2.34. The van der Waals surface area contributed by atoms with Crippen LogP contribution in [-0.4, -0.2) is 38.1 Å². The average Bonchev–Trinajstić information content (AvgIpc) is 3.21. The average molecular weight is 370 g/mol. The monoisotopic (exact) mass is 370 g/mol. The predicted molar refractivity (Wildman–Crippen MR) is 97.5 cm³/mol. The zero-order valence-electron chi connectivity index (χ0n) is 13.9. The first-order valence-electron chi connectivity index (χ1n) is 8.31. The molecule has 2 amide bonds. The maximum absolute atomic E-state index is 12.5. The van der Waals surface area contributed by atoms with Gasteiger partial charge < -0.3 is 9.88 Å². The van der Waals surface area contributed by atoms with E-state index in [1.54, 1.807) is 24.7 Å². The molecule has 0 bridgehead atoms. The highest BCUT2D eigenvalue weighted by Gasteiger charge is 2.26. The number of amides is 2. The molecule has 0 spiro atoms. The molecule has 1 atom stereocenters. The quantitative estimate of drug-likeness (QED) is 0.409. The molecular weight excluding hydrogens is 352 g/mol. The highest BCUT2D eigenvalue weighted by Crippen LogP contribution is 2.39. The van der Waals surface area contributed by atoms with E-state index in [2.05, 4.69) is 20.7 Å². The maximum Gasteiger partial charge on any atom is 0.271 e. The van der Waals surface area contributed by atoms with Gasteiger partial charge in [0.2, 0.25) is 0 Å². The summed E-state index contributed by atoms with van der Waals surface area (Å²) in [4.78, 5) is 33.1. The third kappa shape index (κ3) is 3.49. The van der Waals surface area contributed by atoms with Crippen molar-refractivity contribution in [2.45, 2.75) is 24.8 Å². The fraction of sp³-hybridized carbons (Fsp3) is 0.294. The van der Waals surface area contributed by atoms with Crippen LogP contribution in [0.15, 0.2) is 41.8 Å². The highest BCUT2D eigenvalue weighted by atomic mass is 32.2. The van der Waals surface area contributed by atoms with E-state index in [1.807, 2.05) is 16.8 Å². The van der Waals surface area contributed by atoms with E-state index in [4.69, 9.17) is 5.84 Å². The Kier molecular flexibility index (Phi) is 4.48. The summed E-state index contributed by atoms with van der Waals surface area (Å²) in [5.41, 5.74) is 4.34. The van der Waals surface area contributed by atoms with E-state index in [-0.39, 0.29) is 17.9 Å². The van der Waals surface area contributed by atoms with Crippen LogP contribution < -0.4 is 16.6 Å². The second-order valence-electron chi connectivity index (χ2n) is 6.27. The molecule has 1 aliphatic heterocycles. The van der Waals surface area contributed by atoms with Crippen molar-refractivity contribution in [3.05, 3.63) is 53.2 Å². The topological polar surface area (TPSA) is 115 Å². The lowest BCUT2D eigenvalue weighted by molar-refractivity contribution is -0.116. The predicted octanol–water partition coefficient (Wildman–Crippen LogP) is 0.864. The maximum atomic E-state index is 12.5. The number of thioether (sulfide) groups is 1. The van der Waals surface area contributed by atoms with E-state index in [0.29, 0.717) is 22.3 Å². The van der Waals surface area contributed by atoms with Gasteiger partial charge in [0.15, 0.2) is 0 Å². The van der Waals surface area contributed by atoms with Crippen LogP contribution >= 0.6 is 11.8 Å². The number of hydrazine groups is 1. The summed E-state index contributed by atoms with van der Waals surface area (Å²) in [6.45, 7) is 0. The normalized spacial score (nSPS) is 19.1. The molecule has 4 rings (SSSR count). The number of pyridine rings is 1. The van der Waals surface area contributed by atoms with Gasteiger partial charge in [0.05, 0.1) is 28.7 Å². The Labute approximate surface area is 154 Å². The molecule has 26 heavy (non-hydrogen) atoms. The number of carbonyl (C=O) groups excluding carboxylic acids is 2. The molecule has 0 saturated heterocycles. The number of hydrogen-bond donors (Lipinski definition) is 3. The fourth-order valence-corrected chi connectivity index (χ4v) is 3.76. The van der Waals surface area contributed by atoms with Gasteiger partial charge in [-0.3, -0.25) is 20.0 Å². The van der Waals surface area contributed by atoms with Gasteiger partial charge in [-0.05, 0) is 31.1 Å². The van der Waals surface area contributed by atoms with Crippen molar-refractivity contribution in [1.29, 1.82) is 0 Å². The molecule has 8 nitrogen and oxygen atoms in total. The Hall–Kier alpha value is -2.65. The molecule has 4 N–H and O–H groups in total. The molecule has 3 heterocycles. The van der Waals surface area contributed by atoms with Gasteiger partial charge in [0, 0.05) is 24.1 Å². The van der Waals surface area contributed by atoms with Crippen LogP contribution in [-0.2, 0) is 4.79 Å². The first-order valence-corrected chi connectivity index (χ1v) is 9.29. The minimum Gasteiger partial charge on any atom is -0.344 e. The number of rotatable bonds is 5. The lowest BCUT2D eigenvalue weighted by Gasteiger charge is -2.10. The second kappa shape index (κ2) is 6.93. The first-order chi connectivity index (χ1) is 12.6. The zero-order chi connectivity index (χ0) is 18.1. The van der Waals surface area contributed by atoms with Crippen molar-refractivity contribution >= 4 is 23.6 Å². The molecule has 1 saturated carbocycles. The number of nitrogens with two attached hydrogens (primary N) is 1. The molecule has 1 aliphatic carbocycles. The van der Waals surface area contributed by atoms with E-state index in [0.717, 1.165) is 11.4 Å². The van der Waals surface area contributed by atoms with Gasteiger partial charge in [-0.1, -0.05) is 0 Å². The van der Waals surface area contributed by atoms with E-state index in [9.17, 15) is 9.59 Å². The zero-order valence-corrected chi connectivity index (χ0v) is 14.7. The minimum absolute atomic E-state index is 0.236. The Morgan fingerprint density at radius 2 is 2.12 bits per heavy atom. The molecule has 0 radical (unpaired) electrons. The third-order valence-corrected chi connectivity index (χ3v) is 5.47. The van der Waals surface area contributed by atoms with Crippen molar-refractivity contribution in [3.8, 4) is 5.69 Å². The van der Waals surface area contributed by atoms with Gasteiger partial charge in [-0.25, -0.2) is 10.8 Å². The van der Waals surface area contributed by atoms with Crippen molar-refractivity contribution in [1.82, 2.24) is 25.3 Å². The second-order valence-corrected chi connectivity index (χ2v) is 7.34. The van der Waals surface area contributed by atoms with Crippen molar-refractivity contribution < 1.29 is 9.59 Å². The van der Waals surface area contributed by atoms with Gasteiger partial charge in [0.25, 0.3) is 11.8 Å². The molecular formula is C17H18N6O2S. The molecule has 0 aromatic carbocycles. The van der Waals surface area contributed by atoms with Crippen molar-refractivity contribution in [2.75, 3.05) is 5.75 Å². The van der Waals surface area contributed by atoms with Crippen LogP contribution in [0, 0.1) is 0 Å². The number of carbonyl (C=O) groups is 2. The minimum atomic E-state index is -0.349. The van der Waals surface area contributed by atoms with Crippen LogP contribution in [0.3, 0.4) is 0 Å². The molecule has 1 unspecified atom stereocenters. The highest BCUT2D eigenvalue weighted by molar-refractivity contribution is 8.04. The van der Waals surface area contributed by atoms with Crippen molar-refractivity contribution in [3.63, 3.8) is 0 Å². The SMILES string of the molecule is NNC(=O)C1=CC(NC(=O)c2cc(-n3cnc(C4CC4)c3)ccn2)CS1. The summed E-state index contributed by atoms with van der Waals surface area (Å²) in [6, 6.07) is 3.33. The van der Waals surface area contributed by atoms with Gasteiger partial charge in [-0.15, -0.1) is 11.8 Å². The summed E-state index contributed by atoms with van der Waals surface area (Å²) in [5.74, 6) is 5.65.